The Morgan fingerprint density at radius 1 is 0.922 bits per heavy atom. The molecular weight excluding hydrogens is 712 g/mol. The number of hydrogen-bond donors (Lipinski definition) is 4. The zero-order valence-corrected chi connectivity index (χ0v) is 26.8. The van der Waals surface area contributed by atoms with Gasteiger partial charge in [0.15, 0.2) is 5.82 Å². The van der Waals surface area contributed by atoms with Crippen LogP contribution in [0.5, 0.6) is 0 Å². The van der Waals surface area contributed by atoms with Crippen molar-refractivity contribution in [3.8, 4) is 0 Å². The largest absolute Gasteiger partial charge is 0.458 e. The summed E-state index contributed by atoms with van der Waals surface area (Å²) in [4.78, 5) is 59.8. The minimum Gasteiger partial charge on any atom is -0.339 e. The first kappa shape index (κ1) is 36.7. The van der Waals surface area contributed by atoms with Crippen molar-refractivity contribution in [1.29, 1.82) is 0 Å². The molecule has 4 N–H and O–H groups in total. The van der Waals surface area contributed by atoms with Gasteiger partial charge < -0.3 is 20.9 Å². The molecule has 1 atom stereocenters. The van der Waals surface area contributed by atoms with Gasteiger partial charge >= 0.3 is 23.9 Å². The van der Waals surface area contributed by atoms with E-state index in [1.807, 2.05) is 30.5 Å². The van der Waals surface area contributed by atoms with Crippen LogP contribution in [-0.2, 0) is 27.2 Å². The summed E-state index contributed by atoms with van der Waals surface area (Å²) in [5.41, 5.74) is 4.86. The zero-order valence-electron chi connectivity index (χ0n) is 26.0. The van der Waals surface area contributed by atoms with Gasteiger partial charge in [0.1, 0.15) is 5.02 Å². The van der Waals surface area contributed by atoms with Crippen LogP contribution in [0.4, 0.5) is 55.2 Å². The molecule has 20 heteroatoms. The fourth-order valence-corrected chi connectivity index (χ4v) is 5.35. The second-order valence-electron chi connectivity index (χ2n) is 11.4. The fourth-order valence-electron chi connectivity index (χ4n) is 5.21. The highest BCUT2D eigenvalue weighted by Crippen LogP contribution is 2.30. The third-order valence-corrected chi connectivity index (χ3v) is 7.91. The molecule has 2 aliphatic heterocycles. The Labute approximate surface area is 289 Å². The number of halogens is 7. The molecule has 1 fully saturated rings. The van der Waals surface area contributed by atoms with Crippen molar-refractivity contribution in [2.24, 2.45) is 5.92 Å². The van der Waals surface area contributed by atoms with Crippen molar-refractivity contribution in [3.05, 3.63) is 77.0 Å². The number of hydrogen-bond acceptors (Lipinski definition) is 10. The Morgan fingerprint density at radius 2 is 1.67 bits per heavy atom. The smallest absolute Gasteiger partial charge is 0.339 e. The van der Waals surface area contributed by atoms with Crippen LogP contribution >= 0.6 is 11.6 Å². The summed E-state index contributed by atoms with van der Waals surface area (Å²) in [5, 5.41) is 16.5. The first-order valence-corrected chi connectivity index (χ1v) is 15.4. The number of carbonyl (C=O) groups is 4. The number of nitrogens with zero attached hydrogens (tertiary/aromatic N) is 5. The lowest BCUT2D eigenvalue weighted by Crippen LogP contribution is -2.39. The number of benzene rings is 1. The number of anilines is 5. The number of fused-ring (bicyclic) bond motifs is 6. The number of H-pyrrole nitrogens is 1. The summed E-state index contributed by atoms with van der Waals surface area (Å²) < 4.78 is 67.0. The topological polar surface area (TPSA) is 175 Å². The van der Waals surface area contributed by atoms with Crippen LogP contribution in [0, 0.1) is 5.92 Å². The number of Topliss-reactive ketones (excluding diaryl/α,β-unsaturated/α-hetero) is 2. The molecule has 13 nitrogen and oxygen atoms in total. The van der Waals surface area contributed by atoms with Gasteiger partial charge in [0.25, 0.3) is 5.91 Å². The van der Waals surface area contributed by atoms with Crippen LogP contribution in [0.2, 0.25) is 5.02 Å². The van der Waals surface area contributed by atoms with Gasteiger partial charge in [-0.05, 0) is 60.6 Å². The van der Waals surface area contributed by atoms with E-state index in [0.29, 0.717) is 48.3 Å². The average molecular weight is 738 g/mol. The minimum absolute atomic E-state index is 0.0642. The Hall–Kier alpha value is -5.59. The normalized spacial score (nSPS) is 15.4. The van der Waals surface area contributed by atoms with E-state index >= 15 is 0 Å². The van der Waals surface area contributed by atoms with E-state index in [1.165, 1.54) is 6.20 Å². The Balaban J connectivity index is 0.000000362. The van der Waals surface area contributed by atoms with Crippen LogP contribution in [0.3, 0.4) is 0 Å². The molecule has 0 saturated carbocycles. The molecule has 1 aromatic carbocycles. The van der Waals surface area contributed by atoms with E-state index in [-0.39, 0.29) is 17.7 Å². The maximum absolute atomic E-state index is 13.1. The molecule has 3 aromatic heterocycles. The second kappa shape index (κ2) is 15.1. The number of aryl methyl sites for hydroxylation is 2. The molecule has 0 unspecified atom stereocenters. The summed E-state index contributed by atoms with van der Waals surface area (Å²) in [6.45, 7) is 1.18. The van der Waals surface area contributed by atoms with Crippen LogP contribution < -0.4 is 16.0 Å². The highest BCUT2D eigenvalue weighted by Gasteiger charge is 2.54. The zero-order chi connectivity index (χ0) is 36.9. The van der Waals surface area contributed by atoms with Crippen molar-refractivity contribution in [3.63, 3.8) is 0 Å². The maximum atomic E-state index is 13.1. The SMILES string of the molecule is O=C(C(=O)C(F)(F)F)C(F)(F)F.O=C(C[C@H]1CCN(C(=O)c2cn[nH]c2)C1)Nc1ccc2cc1CCc1cncc(c1)Nc1ncc(Cl)c(n1)N2. The lowest BCUT2D eigenvalue weighted by atomic mass is 10.0. The van der Waals surface area contributed by atoms with Crippen molar-refractivity contribution in [1.82, 2.24) is 30.0 Å². The quantitative estimate of drug-likeness (QED) is 0.150. The highest BCUT2D eigenvalue weighted by atomic mass is 35.5. The van der Waals surface area contributed by atoms with Crippen LogP contribution in [0.25, 0.3) is 0 Å². The Morgan fingerprint density at radius 3 is 2.35 bits per heavy atom. The molecule has 51 heavy (non-hydrogen) atoms. The molecule has 268 valence electrons. The molecule has 4 aromatic rings. The number of likely N-dealkylation sites (tertiary alicyclic amines) is 1. The predicted octanol–water partition coefficient (Wildman–Crippen LogP) is 5.57. The summed E-state index contributed by atoms with van der Waals surface area (Å²) in [6.07, 6.45) is -0.815. The lowest BCUT2D eigenvalue weighted by molar-refractivity contribution is -0.193. The predicted molar refractivity (Wildman–Crippen MR) is 170 cm³/mol. The molecule has 2 aliphatic rings. The molecule has 0 aliphatic carbocycles. The van der Waals surface area contributed by atoms with E-state index in [1.54, 1.807) is 23.5 Å². The Bertz CT molecular complexity index is 1920. The number of aromatic nitrogens is 5. The van der Waals surface area contributed by atoms with Crippen molar-refractivity contribution < 1.29 is 45.5 Å². The summed E-state index contributed by atoms with van der Waals surface area (Å²) in [7, 11) is 0. The number of pyridine rings is 1. The van der Waals surface area contributed by atoms with Gasteiger partial charge in [0, 0.05) is 43.3 Å². The number of ketones is 2. The third-order valence-electron chi connectivity index (χ3n) is 7.63. The molecule has 6 bridgehead atoms. The van der Waals surface area contributed by atoms with Gasteiger partial charge in [0.05, 0.1) is 29.8 Å². The number of aromatic amines is 1. The number of amides is 2. The van der Waals surface area contributed by atoms with Gasteiger partial charge in [0.2, 0.25) is 11.9 Å². The van der Waals surface area contributed by atoms with Crippen molar-refractivity contribution in [2.75, 3.05) is 29.0 Å². The summed E-state index contributed by atoms with van der Waals surface area (Å²) >= 11 is 6.36. The Kier molecular flexibility index (Phi) is 10.9. The van der Waals surface area contributed by atoms with Gasteiger partial charge in [-0.3, -0.25) is 29.3 Å². The molecule has 0 radical (unpaired) electrons. The number of nitrogens with one attached hydrogen (secondary N) is 4. The third kappa shape index (κ3) is 9.56. The van der Waals surface area contributed by atoms with Crippen molar-refractivity contribution >= 4 is 63.8 Å². The van der Waals surface area contributed by atoms with Crippen molar-refractivity contribution in [2.45, 2.75) is 38.0 Å². The van der Waals surface area contributed by atoms with E-state index in [0.717, 1.165) is 41.0 Å². The minimum atomic E-state index is -5.77. The van der Waals surface area contributed by atoms with Crippen LogP contribution in [0.1, 0.15) is 34.3 Å². The van der Waals surface area contributed by atoms with E-state index in [2.05, 4.69) is 41.1 Å². The van der Waals surface area contributed by atoms with E-state index < -0.39 is 23.9 Å². The van der Waals surface area contributed by atoms with Crippen LogP contribution in [0.15, 0.2) is 55.2 Å². The first-order valence-electron chi connectivity index (χ1n) is 15.0. The van der Waals surface area contributed by atoms with E-state index in [4.69, 9.17) is 11.6 Å². The standard InChI is InChI=1S/C27H26ClN9O2.C4F6O2/c28-22-14-30-27-34-21-7-16(10-29-13-21)1-2-18-9-20(33-25(22)36-27)3-4-23(18)35-24(38)8-17-5-6-37(15-17)26(39)19-11-31-32-12-19;5-3(6,7)1(11)2(12)4(8,9)10/h3-4,7,9-14,17H,1-2,5-6,8,15H2,(H,31,32)(H,35,38)(H2,30,33,34,36);/t17-;/m1./s1. The molecule has 5 heterocycles. The van der Waals surface area contributed by atoms with Crippen LogP contribution in [-0.4, -0.2) is 78.9 Å². The molecule has 2 amide bonds. The number of carbonyl (C=O) groups excluding carboxylic acids is 4. The second-order valence-corrected chi connectivity index (χ2v) is 11.8. The lowest BCUT2D eigenvalue weighted by Gasteiger charge is -2.17. The monoisotopic (exact) mass is 737 g/mol. The molecule has 0 spiro atoms. The first-order chi connectivity index (χ1) is 24.1. The highest BCUT2D eigenvalue weighted by molar-refractivity contribution is 6.41. The van der Waals surface area contributed by atoms with Gasteiger partial charge in [-0.15, -0.1) is 0 Å². The van der Waals surface area contributed by atoms with Gasteiger partial charge in [-0.25, -0.2) is 4.98 Å². The molecular formula is C31H26ClF6N9O4. The molecule has 1 saturated heterocycles. The summed E-state index contributed by atoms with van der Waals surface area (Å²) in [5.74, 6) is -5.98. The fraction of sp³-hybridized carbons (Fsp3) is 0.290. The van der Waals surface area contributed by atoms with Gasteiger partial charge in [-0.1, -0.05) is 11.6 Å². The molecule has 6 rings (SSSR count). The number of rotatable bonds is 5. The average Bonchev–Trinajstić information content (AvgIpc) is 3.78. The summed E-state index contributed by atoms with van der Waals surface area (Å²) in [6, 6.07) is 7.78. The number of alkyl halides is 6. The maximum Gasteiger partial charge on any atom is 0.458 e. The van der Waals surface area contributed by atoms with E-state index in [9.17, 15) is 45.5 Å². The van der Waals surface area contributed by atoms with Gasteiger partial charge in [-0.2, -0.15) is 36.4 Å².